The van der Waals surface area contributed by atoms with Crippen LogP contribution in [-0.4, -0.2) is 13.8 Å². The van der Waals surface area contributed by atoms with Crippen molar-refractivity contribution in [3.8, 4) is 0 Å². The normalized spacial score (nSPS) is 13.3. The smallest absolute Gasteiger partial charge is 0.164 e. The van der Waals surface area contributed by atoms with Gasteiger partial charge in [0.05, 0.1) is 0 Å². The molecule has 0 radical (unpaired) electrons. The molecule has 0 nitrogen and oxygen atoms in total. The molecule has 0 aromatic heterocycles. The Labute approximate surface area is 101 Å². The average molecular weight is 271 g/mol. The first-order valence-corrected chi connectivity index (χ1v) is 14.2. The average Bonchev–Trinajstić information content (AvgIpc) is 2.09. The van der Waals surface area contributed by atoms with Crippen LogP contribution in [0, 0.1) is 0 Å². The van der Waals surface area contributed by atoms with Gasteiger partial charge in [-0.05, 0) is 12.1 Å². The summed E-state index contributed by atoms with van der Waals surface area (Å²) in [6.45, 7) is 5.71. The van der Waals surface area contributed by atoms with Gasteiger partial charge in [-0.3, -0.25) is 0 Å². The zero-order valence-corrected chi connectivity index (χ0v) is 13.5. The Morgan fingerprint density at radius 2 is 1.21 bits per heavy atom. The lowest BCUT2D eigenvalue weighted by molar-refractivity contribution is 0.844. The molecule has 0 aromatic rings. The van der Waals surface area contributed by atoms with Crippen LogP contribution in [0.3, 0.4) is 0 Å². The van der Waals surface area contributed by atoms with Crippen LogP contribution in [0.2, 0.25) is 25.2 Å². The quantitative estimate of drug-likeness (QED) is 0.436. The predicted octanol–water partition coefficient (Wildman–Crippen LogP) is 5.29. The standard InChI is InChI=1S/C10H24Cl2Si2/c1-5-7-9-14(12,10-8-6-2)13(3,4)11/h5-10H2,1-4H3. The first-order chi connectivity index (χ1) is 6.37. The highest BCUT2D eigenvalue weighted by Gasteiger charge is 2.45. The summed E-state index contributed by atoms with van der Waals surface area (Å²) in [5.41, 5.74) is 0. The third-order valence-corrected chi connectivity index (χ3v) is 24.7. The zero-order valence-electron chi connectivity index (χ0n) is 10.00. The van der Waals surface area contributed by atoms with E-state index in [2.05, 4.69) is 26.9 Å². The highest BCUT2D eigenvalue weighted by atomic mass is 35.6. The topological polar surface area (TPSA) is 0 Å². The van der Waals surface area contributed by atoms with Crippen LogP contribution in [-0.2, 0) is 0 Å². The Morgan fingerprint density at radius 3 is 1.43 bits per heavy atom. The molecule has 0 saturated carbocycles. The van der Waals surface area contributed by atoms with E-state index in [1.54, 1.807) is 0 Å². The Bertz CT molecular complexity index is 147. The molecule has 0 N–H and O–H groups in total. The van der Waals surface area contributed by atoms with Gasteiger partial charge in [0.1, 0.15) is 0 Å². The van der Waals surface area contributed by atoms with Crippen molar-refractivity contribution in [1.82, 2.24) is 0 Å². The van der Waals surface area contributed by atoms with Gasteiger partial charge in [-0.25, -0.2) is 0 Å². The second kappa shape index (κ2) is 6.56. The third-order valence-electron chi connectivity index (χ3n) is 2.92. The minimum atomic E-state index is -1.62. The fourth-order valence-electron chi connectivity index (χ4n) is 1.63. The molecule has 0 amide bonds. The van der Waals surface area contributed by atoms with E-state index in [1.165, 1.54) is 37.8 Å². The SMILES string of the molecule is CCCC[Si](Cl)(CCCC)[Si](C)(C)Cl. The monoisotopic (exact) mass is 270 g/mol. The molecule has 4 heteroatoms. The summed E-state index contributed by atoms with van der Waals surface area (Å²) < 4.78 is 0. The second-order valence-corrected chi connectivity index (χ2v) is 24.0. The first-order valence-electron chi connectivity index (χ1n) is 5.75. The van der Waals surface area contributed by atoms with Crippen LogP contribution >= 0.6 is 22.2 Å². The van der Waals surface area contributed by atoms with Gasteiger partial charge in [-0.15, -0.1) is 0 Å². The maximum absolute atomic E-state index is 6.84. The van der Waals surface area contributed by atoms with Crippen LogP contribution in [0.5, 0.6) is 0 Å². The van der Waals surface area contributed by atoms with Crippen molar-refractivity contribution in [2.45, 2.75) is 64.7 Å². The van der Waals surface area contributed by atoms with Gasteiger partial charge >= 0.3 is 0 Å². The summed E-state index contributed by atoms with van der Waals surface area (Å²) in [6.07, 6.45) is 5.02. The molecule has 0 atom stereocenters. The van der Waals surface area contributed by atoms with Crippen LogP contribution in [0.15, 0.2) is 0 Å². The van der Waals surface area contributed by atoms with Crippen molar-refractivity contribution < 1.29 is 0 Å². The molecule has 0 aromatic carbocycles. The molecule has 0 spiro atoms. The fourth-order valence-corrected chi connectivity index (χ4v) is 12.0. The maximum Gasteiger partial charge on any atom is 0.164 e. The number of unbranched alkanes of at least 4 members (excludes halogenated alkanes) is 2. The van der Waals surface area contributed by atoms with E-state index in [0.717, 1.165) is 0 Å². The number of halogens is 2. The molecular weight excluding hydrogens is 247 g/mol. The summed E-state index contributed by atoms with van der Waals surface area (Å²) >= 11 is 13.4. The first kappa shape index (κ1) is 15.0. The molecule has 86 valence electrons. The number of hydrogen-bond donors (Lipinski definition) is 0. The lowest BCUT2D eigenvalue weighted by Crippen LogP contribution is -2.50. The molecule has 0 aliphatic carbocycles. The van der Waals surface area contributed by atoms with E-state index in [4.69, 9.17) is 22.2 Å². The van der Waals surface area contributed by atoms with Crippen LogP contribution in [0.1, 0.15) is 39.5 Å². The van der Waals surface area contributed by atoms with Gasteiger partial charge in [-0.1, -0.05) is 52.6 Å². The van der Waals surface area contributed by atoms with Crippen molar-refractivity contribution in [1.29, 1.82) is 0 Å². The van der Waals surface area contributed by atoms with Crippen LogP contribution in [0.25, 0.3) is 0 Å². The third kappa shape index (κ3) is 4.69. The van der Waals surface area contributed by atoms with Crippen LogP contribution in [0.4, 0.5) is 0 Å². The summed E-state index contributed by atoms with van der Waals surface area (Å²) in [7, 11) is 0. The predicted molar refractivity (Wildman–Crippen MR) is 74.4 cm³/mol. The molecule has 0 aliphatic rings. The van der Waals surface area contributed by atoms with Gasteiger partial charge < -0.3 is 0 Å². The molecule has 0 rings (SSSR count). The molecule has 0 unspecified atom stereocenters. The minimum Gasteiger partial charge on any atom is -0.170 e. The largest absolute Gasteiger partial charge is 0.170 e. The zero-order chi connectivity index (χ0) is 11.2. The van der Waals surface area contributed by atoms with E-state index in [0.29, 0.717) is 0 Å². The number of hydrogen-bond acceptors (Lipinski definition) is 0. The fraction of sp³-hybridized carbons (Fsp3) is 1.00. The van der Waals surface area contributed by atoms with E-state index < -0.39 is 13.8 Å². The molecule has 0 aliphatic heterocycles. The molecule has 14 heavy (non-hydrogen) atoms. The molecule has 0 saturated heterocycles. The Morgan fingerprint density at radius 1 is 0.857 bits per heavy atom. The van der Waals surface area contributed by atoms with Gasteiger partial charge in [0.25, 0.3) is 0 Å². The van der Waals surface area contributed by atoms with Crippen molar-refractivity contribution in [3.63, 3.8) is 0 Å². The lowest BCUT2D eigenvalue weighted by Gasteiger charge is -2.33. The summed E-state index contributed by atoms with van der Waals surface area (Å²) in [5.74, 6) is 0. The number of rotatable bonds is 7. The Balaban J connectivity index is 4.33. The highest BCUT2D eigenvalue weighted by Crippen LogP contribution is 2.36. The van der Waals surface area contributed by atoms with Gasteiger partial charge in [0.2, 0.25) is 0 Å². The van der Waals surface area contributed by atoms with E-state index in [9.17, 15) is 0 Å². The molecular formula is C10H24Cl2Si2. The maximum atomic E-state index is 6.84. The van der Waals surface area contributed by atoms with Crippen molar-refractivity contribution >= 4 is 36.0 Å². The van der Waals surface area contributed by atoms with Gasteiger partial charge in [-0.2, -0.15) is 22.2 Å². The van der Waals surface area contributed by atoms with E-state index in [-0.39, 0.29) is 0 Å². The second-order valence-electron chi connectivity index (χ2n) is 4.64. The van der Waals surface area contributed by atoms with Gasteiger partial charge in [0.15, 0.2) is 13.8 Å². The van der Waals surface area contributed by atoms with Gasteiger partial charge in [0, 0.05) is 0 Å². The molecule has 0 fully saturated rings. The summed E-state index contributed by atoms with van der Waals surface area (Å²) in [5, 5.41) is 0. The minimum absolute atomic E-state index is 1.23. The van der Waals surface area contributed by atoms with Crippen molar-refractivity contribution in [2.75, 3.05) is 0 Å². The Kier molecular flexibility index (Phi) is 7.04. The van der Waals surface area contributed by atoms with E-state index >= 15 is 0 Å². The summed E-state index contributed by atoms with van der Waals surface area (Å²) in [6, 6.07) is 2.46. The Hall–Kier alpha value is 1.01. The van der Waals surface area contributed by atoms with Crippen LogP contribution < -0.4 is 0 Å². The van der Waals surface area contributed by atoms with Crippen molar-refractivity contribution in [3.05, 3.63) is 0 Å². The van der Waals surface area contributed by atoms with E-state index in [1.807, 2.05) is 0 Å². The lowest BCUT2D eigenvalue weighted by atomic mass is 10.4. The van der Waals surface area contributed by atoms with Crippen molar-refractivity contribution in [2.24, 2.45) is 0 Å². The highest BCUT2D eigenvalue weighted by molar-refractivity contribution is 7.71. The molecule has 0 bridgehead atoms. The summed E-state index contributed by atoms with van der Waals surface area (Å²) in [4.78, 5) is 0. The molecule has 0 heterocycles.